The lowest BCUT2D eigenvalue weighted by Crippen LogP contribution is -2.48. The molecule has 1 aliphatic rings. The third-order valence-corrected chi connectivity index (χ3v) is 6.38. The molecule has 0 spiro atoms. The number of aromatic nitrogens is 4. The molecule has 0 aromatic carbocycles. The molecule has 0 saturated carbocycles. The summed E-state index contributed by atoms with van der Waals surface area (Å²) < 4.78 is 9.90. The van der Waals surface area contributed by atoms with E-state index >= 15 is 0 Å². The summed E-state index contributed by atoms with van der Waals surface area (Å²) in [5.41, 5.74) is 1.49. The summed E-state index contributed by atoms with van der Waals surface area (Å²) in [7, 11) is 2.01. The quantitative estimate of drug-likeness (QED) is 0.602. The van der Waals surface area contributed by atoms with Crippen LogP contribution in [-0.4, -0.2) is 66.0 Å². The van der Waals surface area contributed by atoms with Gasteiger partial charge in [0.25, 0.3) is 5.91 Å². The number of morpholine rings is 1. The number of imidazole rings is 2. The molecule has 30 heavy (non-hydrogen) atoms. The molecular weight excluding hydrogens is 400 g/mol. The fraction of sp³-hybridized carbons (Fsp3) is 0.571. The Hall–Kier alpha value is -2.23. The van der Waals surface area contributed by atoms with Gasteiger partial charge in [-0.05, 0) is 27.7 Å². The summed E-state index contributed by atoms with van der Waals surface area (Å²) in [4.78, 5) is 27.7. The second-order valence-electron chi connectivity index (χ2n) is 8.38. The lowest BCUT2D eigenvalue weighted by Gasteiger charge is -2.35. The first-order valence-electron chi connectivity index (χ1n) is 10.4. The van der Waals surface area contributed by atoms with E-state index in [-0.39, 0.29) is 24.2 Å². The molecule has 2 atom stereocenters. The lowest BCUT2D eigenvalue weighted by molar-refractivity contribution is -0.0587. The topological polar surface area (TPSA) is 67.9 Å². The van der Waals surface area contributed by atoms with Crippen molar-refractivity contribution in [2.45, 2.75) is 59.0 Å². The number of hydrogen-bond acceptors (Lipinski definition) is 6. The fourth-order valence-electron chi connectivity index (χ4n) is 3.99. The van der Waals surface area contributed by atoms with Gasteiger partial charge in [-0.25, -0.2) is 9.97 Å². The van der Waals surface area contributed by atoms with E-state index in [9.17, 15) is 4.79 Å². The van der Waals surface area contributed by atoms with Gasteiger partial charge in [0.15, 0.2) is 10.7 Å². The normalized spacial score (nSPS) is 20.0. The Kier molecular flexibility index (Phi) is 5.95. The Morgan fingerprint density at radius 2 is 2.00 bits per heavy atom. The van der Waals surface area contributed by atoms with Gasteiger partial charge in [0.05, 0.1) is 24.4 Å². The largest absolute Gasteiger partial charge is 0.372 e. The van der Waals surface area contributed by atoms with Crippen LogP contribution >= 0.6 is 11.3 Å². The van der Waals surface area contributed by atoms with Crippen LogP contribution in [0.5, 0.6) is 0 Å². The van der Waals surface area contributed by atoms with Gasteiger partial charge in [-0.1, -0.05) is 0 Å². The predicted octanol–water partition coefficient (Wildman–Crippen LogP) is 2.79. The minimum atomic E-state index is -0.0106. The van der Waals surface area contributed by atoms with E-state index in [0.29, 0.717) is 31.9 Å². The summed E-state index contributed by atoms with van der Waals surface area (Å²) in [5.74, 6) is 0.988. The molecule has 0 radical (unpaired) electrons. The van der Waals surface area contributed by atoms with Crippen LogP contribution in [0, 0.1) is 0 Å². The highest BCUT2D eigenvalue weighted by Gasteiger charge is 2.31. The first-order chi connectivity index (χ1) is 14.3. The predicted molar refractivity (Wildman–Crippen MR) is 117 cm³/mol. The number of nitrogens with zero attached hydrogens (tertiary/aromatic N) is 6. The van der Waals surface area contributed by atoms with Crippen molar-refractivity contribution in [2.24, 2.45) is 7.05 Å². The molecule has 1 fully saturated rings. The molecule has 4 heterocycles. The van der Waals surface area contributed by atoms with Gasteiger partial charge in [-0.15, -0.1) is 11.3 Å². The van der Waals surface area contributed by atoms with Crippen molar-refractivity contribution >= 4 is 22.2 Å². The summed E-state index contributed by atoms with van der Waals surface area (Å²) in [6.45, 7) is 10.9. The Labute approximate surface area is 181 Å². The van der Waals surface area contributed by atoms with Crippen molar-refractivity contribution in [1.29, 1.82) is 0 Å². The Morgan fingerprint density at radius 1 is 1.27 bits per heavy atom. The summed E-state index contributed by atoms with van der Waals surface area (Å²) in [6, 6.07) is 0.289. The van der Waals surface area contributed by atoms with Crippen LogP contribution in [0.25, 0.3) is 4.96 Å². The SMILES string of the molecule is CC1CN(C(=O)c2nc3sccn3c2CN(Cc2nccn2C)C(C)C)CC(C)O1. The third-order valence-electron chi connectivity index (χ3n) is 5.62. The average molecular weight is 431 g/mol. The van der Waals surface area contributed by atoms with Gasteiger partial charge in [0.2, 0.25) is 0 Å². The summed E-state index contributed by atoms with van der Waals surface area (Å²) >= 11 is 1.55. The van der Waals surface area contributed by atoms with Crippen molar-refractivity contribution in [1.82, 2.24) is 28.7 Å². The number of amides is 1. The van der Waals surface area contributed by atoms with Gasteiger partial charge in [0, 0.05) is 56.7 Å². The van der Waals surface area contributed by atoms with Gasteiger partial charge < -0.3 is 14.2 Å². The molecule has 1 aliphatic heterocycles. The van der Waals surface area contributed by atoms with E-state index < -0.39 is 0 Å². The molecule has 0 bridgehead atoms. The first kappa shape index (κ1) is 21.0. The Morgan fingerprint density at radius 3 is 2.63 bits per heavy atom. The van der Waals surface area contributed by atoms with Crippen LogP contribution in [-0.2, 0) is 24.9 Å². The Balaban J connectivity index is 1.65. The lowest BCUT2D eigenvalue weighted by atomic mass is 10.2. The number of ether oxygens (including phenoxy) is 1. The molecular formula is C21H30N6O2S. The molecule has 4 rings (SSSR count). The highest BCUT2D eigenvalue weighted by atomic mass is 32.1. The van der Waals surface area contributed by atoms with Crippen LogP contribution in [0.4, 0.5) is 0 Å². The molecule has 8 nitrogen and oxygen atoms in total. The molecule has 3 aromatic rings. The maximum absolute atomic E-state index is 13.5. The third kappa shape index (κ3) is 4.14. The molecule has 0 N–H and O–H groups in total. The van der Waals surface area contributed by atoms with Crippen LogP contribution in [0.15, 0.2) is 24.0 Å². The maximum Gasteiger partial charge on any atom is 0.274 e. The molecule has 2 unspecified atom stereocenters. The second kappa shape index (κ2) is 8.49. The van der Waals surface area contributed by atoms with Gasteiger partial charge >= 0.3 is 0 Å². The number of rotatable bonds is 6. The van der Waals surface area contributed by atoms with E-state index in [0.717, 1.165) is 16.5 Å². The highest BCUT2D eigenvalue weighted by molar-refractivity contribution is 7.15. The van der Waals surface area contributed by atoms with Crippen LogP contribution in [0.2, 0.25) is 0 Å². The molecule has 1 amide bonds. The molecule has 3 aromatic heterocycles. The summed E-state index contributed by atoms with van der Waals surface area (Å²) in [5, 5.41) is 2.01. The van der Waals surface area contributed by atoms with E-state index in [4.69, 9.17) is 9.72 Å². The van der Waals surface area contributed by atoms with Crippen LogP contribution in [0.1, 0.15) is 49.7 Å². The van der Waals surface area contributed by atoms with E-state index in [1.165, 1.54) is 0 Å². The van der Waals surface area contributed by atoms with Crippen molar-refractivity contribution < 1.29 is 9.53 Å². The fourth-order valence-corrected chi connectivity index (χ4v) is 4.73. The number of aryl methyl sites for hydroxylation is 1. The van der Waals surface area contributed by atoms with E-state index in [1.54, 1.807) is 11.3 Å². The molecule has 0 aliphatic carbocycles. The first-order valence-corrected chi connectivity index (χ1v) is 11.3. The highest BCUT2D eigenvalue weighted by Crippen LogP contribution is 2.23. The number of carbonyl (C=O) groups excluding carboxylic acids is 1. The monoisotopic (exact) mass is 430 g/mol. The minimum Gasteiger partial charge on any atom is -0.372 e. The smallest absolute Gasteiger partial charge is 0.274 e. The number of carbonyl (C=O) groups is 1. The Bertz CT molecular complexity index is 1010. The van der Waals surface area contributed by atoms with Crippen LogP contribution in [0.3, 0.4) is 0 Å². The van der Waals surface area contributed by atoms with Crippen molar-refractivity contribution in [3.8, 4) is 0 Å². The molecule has 162 valence electrons. The second-order valence-corrected chi connectivity index (χ2v) is 9.26. The van der Waals surface area contributed by atoms with E-state index in [1.807, 2.05) is 54.3 Å². The molecule has 1 saturated heterocycles. The number of thiazole rings is 1. The standard InChI is InChI=1S/C21H30N6O2S/c1-14(2)25(13-18-22-6-7-24(18)5)12-17-19(23-21-27(17)8-9-30-21)20(28)26-10-15(3)29-16(4)11-26/h6-9,14-16H,10-13H2,1-5H3. The number of fused-ring (bicyclic) bond motifs is 1. The van der Waals surface area contributed by atoms with Gasteiger partial charge in [-0.2, -0.15) is 0 Å². The summed E-state index contributed by atoms with van der Waals surface area (Å²) in [6.07, 6.45) is 5.84. The van der Waals surface area contributed by atoms with Crippen molar-refractivity contribution in [2.75, 3.05) is 13.1 Å². The van der Waals surface area contributed by atoms with Crippen molar-refractivity contribution in [3.63, 3.8) is 0 Å². The van der Waals surface area contributed by atoms with E-state index in [2.05, 4.69) is 28.1 Å². The maximum atomic E-state index is 13.5. The zero-order valence-corrected chi connectivity index (χ0v) is 19.1. The van der Waals surface area contributed by atoms with Gasteiger partial charge in [0.1, 0.15) is 5.82 Å². The zero-order chi connectivity index (χ0) is 21.4. The van der Waals surface area contributed by atoms with Crippen LogP contribution < -0.4 is 0 Å². The number of hydrogen-bond donors (Lipinski definition) is 0. The van der Waals surface area contributed by atoms with Gasteiger partial charge in [-0.3, -0.25) is 14.1 Å². The minimum absolute atomic E-state index is 0.0106. The van der Waals surface area contributed by atoms with Crippen molar-refractivity contribution in [3.05, 3.63) is 41.2 Å². The molecule has 9 heteroatoms. The zero-order valence-electron chi connectivity index (χ0n) is 18.3. The average Bonchev–Trinajstić information content (AvgIpc) is 3.37.